The molecule has 0 radical (unpaired) electrons. The van der Waals surface area contributed by atoms with Gasteiger partial charge in [0.05, 0.1) is 16.6 Å². The lowest BCUT2D eigenvalue weighted by Crippen LogP contribution is -2.56. The Morgan fingerprint density at radius 1 is 1.00 bits per heavy atom. The number of ketones is 1. The predicted molar refractivity (Wildman–Crippen MR) is 145 cm³/mol. The molecule has 37 heavy (non-hydrogen) atoms. The van der Waals surface area contributed by atoms with Crippen molar-refractivity contribution >= 4 is 50.1 Å². The Balaban J connectivity index is 1.23. The minimum absolute atomic E-state index is 0.0690. The lowest BCUT2D eigenvalue weighted by atomic mass is 10.1. The highest BCUT2D eigenvalue weighted by Crippen LogP contribution is 2.37. The molecule has 5 aromatic rings. The number of nitrogens with one attached hydrogen (secondary N) is 1. The van der Waals surface area contributed by atoms with E-state index < -0.39 is 11.7 Å². The molecule has 0 bridgehead atoms. The second-order valence-electron chi connectivity index (χ2n) is 9.23. The highest BCUT2D eigenvalue weighted by Gasteiger charge is 2.34. The average Bonchev–Trinajstić information content (AvgIpc) is 3.57. The van der Waals surface area contributed by atoms with Crippen molar-refractivity contribution in [2.24, 2.45) is 0 Å². The number of aromatic amines is 1. The van der Waals surface area contributed by atoms with Gasteiger partial charge in [0, 0.05) is 58.8 Å². The van der Waals surface area contributed by atoms with Crippen molar-refractivity contribution in [3.63, 3.8) is 0 Å². The van der Waals surface area contributed by atoms with Gasteiger partial charge in [-0.3, -0.25) is 19.4 Å². The van der Waals surface area contributed by atoms with Crippen molar-refractivity contribution in [1.29, 1.82) is 0 Å². The standard InChI is InChI=1S/C29H24N4O3S/c1-18-17-32(28(35)19-7-3-2-4-8-19)13-14-33(18)29(36)27(34)22-16-31-25-21(11-12-30-26(22)25)24-15-20-9-5-6-10-23(20)37-24/h2-12,15-16,18,31H,13-14,17H2,1H3/t18-/m1/s1. The number of fused-ring (bicyclic) bond motifs is 2. The summed E-state index contributed by atoms with van der Waals surface area (Å²) in [5.41, 5.74) is 3.04. The number of carbonyl (C=O) groups is 3. The zero-order valence-corrected chi connectivity index (χ0v) is 21.0. The molecular weight excluding hydrogens is 484 g/mol. The first-order chi connectivity index (χ1) is 18.0. The molecule has 1 fully saturated rings. The van der Waals surface area contributed by atoms with E-state index >= 15 is 0 Å². The van der Waals surface area contributed by atoms with Gasteiger partial charge in [0.2, 0.25) is 0 Å². The number of amides is 2. The first kappa shape index (κ1) is 23.1. The van der Waals surface area contributed by atoms with Crippen LogP contribution in [-0.2, 0) is 4.79 Å². The van der Waals surface area contributed by atoms with E-state index in [4.69, 9.17) is 0 Å². The van der Waals surface area contributed by atoms with E-state index in [2.05, 4.69) is 28.2 Å². The van der Waals surface area contributed by atoms with Gasteiger partial charge >= 0.3 is 0 Å². The number of hydrogen-bond donors (Lipinski definition) is 1. The number of rotatable bonds is 4. The Labute approximate surface area is 217 Å². The quantitative estimate of drug-likeness (QED) is 0.273. The van der Waals surface area contributed by atoms with Crippen LogP contribution in [-0.4, -0.2) is 63.0 Å². The fourth-order valence-corrected chi connectivity index (χ4v) is 6.06. The monoisotopic (exact) mass is 508 g/mol. The summed E-state index contributed by atoms with van der Waals surface area (Å²) in [7, 11) is 0. The summed E-state index contributed by atoms with van der Waals surface area (Å²) in [6.45, 7) is 2.91. The third-order valence-corrected chi connectivity index (χ3v) is 8.04. The number of benzene rings is 2. The van der Waals surface area contributed by atoms with Crippen LogP contribution >= 0.6 is 11.3 Å². The maximum Gasteiger partial charge on any atom is 0.295 e. The van der Waals surface area contributed by atoms with Gasteiger partial charge in [-0.2, -0.15) is 0 Å². The fraction of sp³-hybridized carbons (Fsp3) is 0.172. The molecule has 7 nitrogen and oxygen atoms in total. The van der Waals surface area contributed by atoms with Crippen molar-refractivity contribution in [2.75, 3.05) is 19.6 Å². The molecule has 1 saturated heterocycles. The van der Waals surface area contributed by atoms with Crippen molar-refractivity contribution in [2.45, 2.75) is 13.0 Å². The molecule has 4 heterocycles. The molecule has 1 N–H and O–H groups in total. The molecule has 1 aliphatic heterocycles. The van der Waals surface area contributed by atoms with E-state index in [1.807, 2.05) is 43.3 Å². The minimum atomic E-state index is -0.595. The third-order valence-electron chi connectivity index (χ3n) is 6.89. The maximum absolute atomic E-state index is 13.4. The van der Waals surface area contributed by atoms with Crippen LogP contribution < -0.4 is 0 Å². The van der Waals surface area contributed by atoms with Crippen molar-refractivity contribution in [3.05, 3.63) is 90.3 Å². The van der Waals surface area contributed by atoms with Crippen LogP contribution in [0.3, 0.4) is 0 Å². The van der Waals surface area contributed by atoms with Gasteiger partial charge in [-0.25, -0.2) is 0 Å². The van der Waals surface area contributed by atoms with Gasteiger partial charge in [-0.15, -0.1) is 11.3 Å². The Hall–Kier alpha value is -4.30. The molecule has 0 aliphatic carbocycles. The zero-order valence-electron chi connectivity index (χ0n) is 20.2. The molecular formula is C29H24N4O3S. The van der Waals surface area contributed by atoms with E-state index in [-0.39, 0.29) is 17.5 Å². The molecule has 8 heteroatoms. The summed E-state index contributed by atoms with van der Waals surface area (Å²) in [6.07, 6.45) is 3.25. The largest absolute Gasteiger partial charge is 0.359 e. The summed E-state index contributed by atoms with van der Waals surface area (Å²) < 4.78 is 1.18. The number of Topliss-reactive ketones (excluding diaryl/α,β-unsaturated/α-hetero) is 1. The van der Waals surface area contributed by atoms with Crippen LogP contribution in [0.4, 0.5) is 0 Å². The molecule has 2 amide bonds. The summed E-state index contributed by atoms with van der Waals surface area (Å²) >= 11 is 1.67. The van der Waals surface area contributed by atoms with E-state index in [0.29, 0.717) is 30.7 Å². The molecule has 1 atom stereocenters. The van der Waals surface area contributed by atoms with E-state index in [0.717, 1.165) is 21.3 Å². The van der Waals surface area contributed by atoms with E-state index in [9.17, 15) is 14.4 Å². The molecule has 3 aromatic heterocycles. The lowest BCUT2D eigenvalue weighted by molar-refractivity contribution is -0.130. The maximum atomic E-state index is 13.4. The normalized spacial score (nSPS) is 15.9. The van der Waals surface area contributed by atoms with Crippen LogP contribution in [0.15, 0.2) is 79.1 Å². The number of thiophene rings is 1. The van der Waals surface area contributed by atoms with Crippen LogP contribution in [0.5, 0.6) is 0 Å². The van der Waals surface area contributed by atoms with Gasteiger partial charge in [0.25, 0.3) is 17.6 Å². The van der Waals surface area contributed by atoms with Crippen LogP contribution in [0.2, 0.25) is 0 Å². The highest BCUT2D eigenvalue weighted by atomic mass is 32.1. The van der Waals surface area contributed by atoms with Crippen molar-refractivity contribution < 1.29 is 14.4 Å². The van der Waals surface area contributed by atoms with Crippen molar-refractivity contribution in [1.82, 2.24) is 19.8 Å². The SMILES string of the molecule is C[C@@H]1CN(C(=O)c2ccccc2)CCN1C(=O)C(=O)c1c[nH]c2c(-c3cc4ccccc4s3)ccnc12. The van der Waals surface area contributed by atoms with Gasteiger partial charge < -0.3 is 14.8 Å². The second-order valence-corrected chi connectivity index (χ2v) is 10.3. The molecule has 2 aromatic carbocycles. The van der Waals surface area contributed by atoms with Crippen LogP contribution in [0.1, 0.15) is 27.6 Å². The molecule has 184 valence electrons. The van der Waals surface area contributed by atoms with E-state index in [1.165, 1.54) is 4.70 Å². The summed E-state index contributed by atoms with van der Waals surface area (Å²) in [6, 6.07) is 21.0. The number of nitrogens with zero attached hydrogens (tertiary/aromatic N) is 3. The summed E-state index contributed by atoms with van der Waals surface area (Å²) in [4.78, 5) is 51.5. The van der Waals surface area contributed by atoms with Gasteiger partial charge in [0.15, 0.2) is 0 Å². The summed E-state index contributed by atoms with van der Waals surface area (Å²) in [5, 5.41) is 1.16. The highest BCUT2D eigenvalue weighted by molar-refractivity contribution is 7.22. The Morgan fingerprint density at radius 3 is 2.57 bits per heavy atom. The van der Waals surface area contributed by atoms with Gasteiger partial charge in [0.1, 0.15) is 0 Å². The zero-order chi connectivity index (χ0) is 25.5. The third kappa shape index (κ3) is 4.09. The Bertz CT molecular complexity index is 1620. The molecule has 6 rings (SSSR count). The van der Waals surface area contributed by atoms with Crippen molar-refractivity contribution in [3.8, 4) is 10.4 Å². The number of piperazine rings is 1. The Kier molecular flexibility index (Phi) is 5.81. The number of hydrogen-bond acceptors (Lipinski definition) is 5. The molecule has 1 aliphatic rings. The van der Waals surface area contributed by atoms with E-state index in [1.54, 1.807) is 45.7 Å². The van der Waals surface area contributed by atoms with Gasteiger partial charge in [-0.1, -0.05) is 36.4 Å². The smallest absolute Gasteiger partial charge is 0.295 e. The topological polar surface area (TPSA) is 86.4 Å². The summed E-state index contributed by atoms with van der Waals surface area (Å²) in [5.74, 6) is -1.24. The number of H-pyrrole nitrogens is 1. The van der Waals surface area contributed by atoms with Crippen LogP contribution in [0, 0.1) is 0 Å². The number of carbonyl (C=O) groups excluding carboxylic acids is 3. The molecule has 0 unspecified atom stereocenters. The first-order valence-electron chi connectivity index (χ1n) is 12.2. The second kappa shape index (κ2) is 9.29. The predicted octanol–water partition coefficient (Wildman–Crippen LogP) is 5.00. The lowest BCUT2D eigenvalue weighted by Gasteiger charge is -2.39. The fourth-order valence-electron chi connectivity index (χ4n) is 4.97. The van der Waals surface area contributed by atoms with Gasteiger partial charge in [-0.05, 0) is 42.6 Å². The number of pyridine rings is 1. The minimum Gasteiger partial charge on any atom is -0.359 e. The average molecular weight is 509 g/mol. The number of aromatic nitrogens is 2. The Morgan fingerprint density at radius 2 is 1.78 bits per heavy atom. The van der Waals surface area contributed by atoms with Crippen LogP contribution in [0.25, 0.3) is 31.6 Å². The molecule has 0 saturated carbocycles. The molecule has 0 spiro atoms. The first-order valence-corrected chi connectivity index (χ1v) is 13.0.